The minimum Gasteiger partial charge on any atom is -1.00 e. The quantitative estimate of drug-likeness (QED) is 0.492. The fourth-order valence-corrected chi connectivity index (χ4v) is 1.62. The number of carboxylic acids is 1. The number of carbonyl (C=O) groups is 1. The maximum Gasteiger partial charge on any atom is 1.00 e. The second kappa shape index (κ2) is 5.43. The summed E-state index contributed by atoms with van der Waals surface area (Å²) in [6.07, 6.45) is 0. The molecule has 0 aliphatic rings. The van der Waals surface area contributed by atoms with Gasteiger partial charge in [0.05, 0.1) is 3.57 Å². The topological polar surface area (TPSA) is 57.5 Å². The third kappa shape index (κ3) is 3.01. The molecule has 3 nitrogen and oxygen atoms in total. The van der Waals surface area contributed by atoms with Crippen LogP contribution in [0.15, 0.2) is 12.1 Å². The Bertz CT molecular complexity index is 346. The van der Waals surface area contributed by atoms with Crippen molar-refractivity contribution in [3.05, 3.63) is 24.8 Å². The molecular weight excluding hydrogens is 393 g/mol. The zero-order valence-electron chi connectivity index (χ0n) is 7.71. The Kier molecular flexibility index (Phi) is 5.66. The Morgan fingerprint density at radius 1 is 1.38 bits per heavy atom. The normalized spacial score (nSPS) is 9.08. The average Bonchev–Trinajstić information content (AvgIpc) is 2.00. The molecule has 0 aliphatic carbocycles. The number of benzene rings is 1. The molecule has 0 heterocycles. The standard InChI is InChI=1S/C7H4I2O3.Li.H/c8-4-2-1-3(7(11)12)6(10)5(4)9;;/h1-2,10H,(H,11,12);;/q;+1;-1. The third-order valence-corrected chi connectivity index (χ3v) is 4.32. The minimum absolute atomic E-state index is 0. The molecule has 0 bridgehead atoms. The van der Waals surface area contributed by atoms with Crippen molar-refractivity contribution in [3.63, 3.8) is 0 Å². The van der Waals surface area contributed by atoms with Crippen LogP contribution in [0, 0.1) is 7.14 Å². The van der Waals surface area contributed by atoms with Crippen molar-refractivity contribution in [1.82, 2.24) is 0 Å². The summed E-state index contributed by atoms with van der Waals surface area (Å²) in [5.74, 6) is -1.27. The van der Waals surface area contributed by atoms with Gasteiger partial charge in [-0.1, -0.05) is 0 Å². The van der Waals surface area contributed by atoms with Gasteiger partial charge in [0.25, 0.3) is 0 Å². The first kappa shape index (κ1) is 13.5. The van der Waals surface area contributed by atoms with Crippen LogP contribution in [0.2, 0.25) is 0 Å². The second-order valence-corrected chi connectivity index (χ2v) is 4.30. The predicted octanol–water partition coefficient (Wildman–Crippen LogP) is -0.584. The first-order valence-electron chi connectivity index (χ1n) is 2.94. The fourth-order valence-electron chi connectivity index (χ4n) is 0.713. The minimum atomic E-state index is -1.11. The Morgan fingerprint density at radius 2 is 1.92 bits per heavy atom. The molecule has 0 spiro atoms. The Morgan fingerprint density at radius 3 is 2.38 bits per heavy atom. The van der Waals surface area contributed by atoms with Crippen LogP contribution in [0.1, 0.15) is 11.8 Å². The monoisotopic (exact) mass is 398 g/mol. The number of phenols is 1. The Balaban J connectivity index is 0. The Labute approximate surface area is 116 Å². The van der Waals surface area contributed by atoms with Crippen LogP contribution in [0.4, 0.5) is 0 Å². The summed E-state index contributed by atoms with van der Waals surface area (Å²) >= 11 is 3.94. The maximum absolute atomic E-state index is 10.5. The van der Waals surface area contributed by atoms with E-state index in [9.17, 15) is 9.90 Å². The van der Waals surface area contributed by atoms with Crippen molar-refractivity contribution in [2.45, 2.75) is 0 Å². The maximum atomic E-state index is 10.5. The van der Waals surface area contributed by atoms with Gasteiger partial charge in [0.2, 0.25) is 0 Å². The molecule has 1 rings (SSSR count). The molecule has 0 atom stereocenters. The van der Waals surface area contributed by atoms with E-state index >= 15 is 0 Å². The van der Waals surface area contributed by atoms with Gasteiger partial charge >= 0.3 is 24.8 Å². The van der Waals surface area contributed by atoms with Gasteiger partial charge in [-0.25, -0.2) is 4.79 Å². The summed E-state index contributed by atoms with van der Waals surface area (Å²) in [6, 6.07) is 3.05. The van der Waals surface area contributed by atoms with Crippen molar-refractivity contribution in [3.8, 4) is 5.75 Å². The summed E-state index contributed by atoms with van der Waals surface area (Å²) in [6.45, 7) is 0. The summed E-state index contributed by atoms with van der Waals surface area (Å²) in [7, 11) is 0. The van der Waals surface area contributed by atoms with Crippen LogP contribution < -0.4 is 18.9 Å². The van der Waals surface area contributed by atoms with Gasteiger partial charge in [0, 0.05) is 3.57 Å². The first-order chi connectivity index (χ1) is 5.54. The zero-order valence-corrected chi connectivity index (χ0v) is 11.0. The van der Waals surface area contributed by atoms with Crippen molar-refractivity contribution < 1.29 is 35.3 Å². The van der Waals surface area contributed by atoms with E-state index in [-0.39, 0.29) is 31.6 Å². The molecule has 0 saturated carbocycles. The number of aromatic hydroxyl groups is 1. The van der Waals surface area contributed by atoms with Crippen LogP contribution >= 0.6 is 45.2 Å². The summed E-state index contributed by atoms with van der Waals surface area (Å²) < 4.78 is 1.42. The van der Waals surface area contributed by atoms with E-state index in [0.29, 0.717) is 3.57 Å². The van der Waals surface area contributed by atoms with Crippen LogP contribution in [-0.2, 0) is 0 Å². The summed E-state index contributed by atoms with van der Waals surface area (Å²) in [4.78, 5) is 10.5. The predicted molar refractivity (Wildman–Crippen MR) is 61.6 cm³/mol. The summed E-state index contributed by atoms with van der Waals surface area (Å²) in [5, 5.41) is 18.0. The van der Waals surface area contributed by atoms with E-state index in [1.54, 1.807) is 6.07 Å². The van der Waals surface area contributed by atoms with Crippen LogP contribution in [0.25, 0.3) is 0 Å². The second-order valence-electron chi connectivity index (χ2n) is 2.06. The van der Waals surface area contributed by atoms with E-state index in [0.717, 1.165) is 3.57 Å². The van der Waals surface area contributed by atoms with Crippen molar-refractivity contribution in [2.75, 3.05) is 0 Å². The van der Waals surface area contributed by atoms with Crippen LogP contribution in [-0.4, -0.2) is 16.2 Å². The van der Waals surface area contributed by atoms with Gasteiger partial charge in [-0.3, -0.25) is 0 Å². The molecule has 6 heteroatoms. The smallest absolute Gasteiger partial charge is 1.00 e. The van der Waals surface area contributed by atoms with Gasteiger partial charge in [0.15, 0.2) is 0 Å². The van der Waals surface area contributed by atoms with E-state index in [4.69, 9.17) is 5.11 Å². The summed E-state index contributed by atoms with van der Waals surface area (Å²) in [5.41, 5.74) is -0.0557. The molecule has 0 saturated heterocycles. The van der Waals surface area contributed by atoms with E-state index in [1.807, 2.05) is 45.2 Å². The van der Waals surface area contributed by atoms with Gasteiger partial charge in [0.1, 0.15) is 11.3 Å². The largest absolute Gasteiger partial charge is 1.00 e. The van der Waals surface area contributed by atoms with Crippen LogP contribution in [0.3, 0.4) is 0 Å². The molecule has 2 N–H and O–H groups in total. The zero-order chi connectivity index (χ0) is 9.30. The van der Waals surface area contributed by atoms with E-state index in [2.05, 4.69) is 0 Å². The molecule has 13 heavy (non-hydrogen) atoms. The molecule has 0 radical (unpaired) electrons. The number of rotatable bonds is 1. The van der Waals surface area contributed by atoms with Gasteiger partial charge in [-0.2, -0.15) is 0 Å². The third-order valence-electron chi connectivity index (χ3n) is 1.30. The van der Waals surface area contributed by atoms with Crippen LogP contribution in [0.5, 0.6) is 5.75 Å². The van der Waals surface area contributed by atoms with Gasteiger partial charge in [-0.15, -0.1) is 0 Å². The van der Waals surface area contributed by atoms with Crippen molar-refractivity contribution >= 4 is 51.2 Å². The molecule has 0 unspecified atom stereocenters. The number of hydrogen-bond acceptors (Lipinski definition) is 2. The fraction of sp³-hybridized carbons (Fsp3) is 0. The molecule has 1 aromatic rings. The average molecular weight is 398 g/mol. The van der Waals surface area contributed by atoms with Gasteiger partial charge < -0.3 is 11.6 Å². The first-order valence-corrected chi connectivity index (χ1v) is 5.10. The molecule has 0 amide bonds. The molecule has 0 aliphatic heterocycles. The molecule has 1 aromatic carbocycles. The number of hydrogen-bond donors (Lipinski definition) is 2. The Hall–Kier alpha value is 0.547. The molecular formula is C7H5I2LiO3. The van der Waals surface area contributed by atoms with E-state index < -0.39 is 5.97 Å². The molecule has 0 fully saturated rings. The SMILES string of the molecule is O=C(O)c1ccc(I)c(I)c1O.[H-].[Li+]. The molecule has 66 valence electrons. The van der Waals surface area contributed by atoms with E-state index in [1.165, 1.54) is 6.07 Å². The van der Waals surface area contributed by atoms with Gasteiger partial charge in [-0.05, 0) is 57.3 Å². The number of aromatic carboxylic acids is 1. The number of halogens is 2. The molecule has 0 aromatic heterocycles. The van der Waals surface area contributed by atoms with Crippen molar-refractivity contribution in [2.24, 2.45) is 0 Å². The van der Waals surface area contributed by atoms with Crippen molar-refractivity contribution in [1.29, 1.82) is 0 Å². The number of carboxylic acid groups (broad SMARTS) is 1.